The maximum atomic E-state index is 5.56. The third kappa shape index (κ3) is 3.77. The molecule has 2 aliphatic heterocycles. The number of nitrogens with zero attached hydrogens (tertiary/aromatic N) is 5. The molecule has 7 heteroatoms. The van der Waals surface area contributed by atoms with Crippen LogP contribution in [0.25, 0.3) is 0 Å². The zero-order valence-corrected chi connectivity index (χ0v) is 14.7. The predicted molar refractivity (Wildman–Crippen MR) is 93.7 cm³/mol. The number of guanidine groups is 1. The molecule has 0 bridgehead atoms. The van der Waals surface area contributed by atoms with E-state index < -0.39 is 0 Å². The number of likely N-dealkylation sites (tertiary alicyclic amines) is 1. The van der Waals surface area contributed by atoms with Crippen molar-refractivity contribution in [1.82, 2.24) is 25.0 Å². The number of aromatic nitrogens is 3. The fourth-order valence-corrected chi connectivity index (χ4v) is 3.45. The molecule has 7 nitrogen and oxygen atoms in total. The quantitative estimate of drug-likeness (QED) is 0.497. The largest absolute Gasteiger partial charge is 0.381 e. The van der Waals surface area contributed by atoms with Crippen LogP contribution in [0.1, 0.15) is 24.5 Å². The van der Waals surface area contributed by atoms with Crippen LogP contribution in [0.4, 0.5) is 0 Å². The molecule has 2 fully saturated rings. The lowest BCUT2D eigenvalue weighted by Gasteiger charge is -2.23. The third-order valence-corrected chi connectivity index (χ3v) is 5.11. The van der Waals surface area contributed by atoms with E-state index in [1.807, 2.05) is 24.6 Å². The monoisotopic (exact) mass is 332 g/mol. The van der Waals surface area contributed by atoms with Crippen molar-refractivity contribution in [2.24, 2.45) is 23.9 Å². The van der Waals surface area contributed by atoms with Crippen LogP contribution in [-0.2, 0) is 18.3 Å². The van der Waals surface area contributed by atoms with Crippen LogP contribution in [0.15, 0.2) is 17.6 Å². The molecule has 2 unspecified atom stereocenters. The van der Waals surface area contributed by atoms with E-state index in [-0.39, 0.29) is 0 Å². The molecule has 24 heavy (non-hydrogen) atoms. The van der Waals surface area contributed by atoms with Crippen LogP contribution in [0.3, 0.4) is 0 Å². The topological polar surface area (TPSA) is 67.6 Å². The smallest absolute Gasteiger partial charge is 0.194 e. The first-order valence-corrected chi connectivity index (χ1v) is 8.75. The molecule has 2 saturated heterocycles. The molecular weight excluding hydrogens is 304 g/mol. The number of ether oxygens (including phenoxy) is 1. The fraction of sp³-hybridized carbons (Fsp3) is 0.706. The lowest BCUT2D eigenvalue weighted by Crippen LogP contribution is -2.40. The summed E-state index contributed by atoms with van der Waals surface area (Å²) in [5, 5.41) is 11.7. The molecule has 3 rings (SSSR count). The van der Waals surface area contributed by atoms with Gasteiger partial charge in [-0.25, -0.2) is 4.99 Å². The molecule has 1 aromatic heterocycles. The number of hydrogen-bond donors (Lipinski definition) is 1. The van der Waals surface area contributed by atoms with E-state index in [0.29, 0.717) is 24.9 Å². The van der Waals surface area contributed by atoms with Crippen LogP contribution < -0.4 is 5.32 Å². The summed E-state index contributed by atoms with van der Waals surface area (Å²) in [6.07, 6.45) is 4.27. The highest BCUT2D eigenvalue weighted by Crippen LogP contribution is 2.29. The molecule has 1 N–H and O–H groups in total. The summed E-state index contributed by atoms with van der Waals surface area (Å²) >= 11 is 0. The highest BCUT2D eigenvalue weighted by Gasteiger charge is 2.33. The first-order valence-electron chi connectivity index (χ1n) is 8.75. The highest BCUT2D eigenvalue weighted by atomic mass is 16.5. The van der Waals surface area contributed by atoms with E-state index in [2.05, 4.69) is 27.0 Å². The first kappa shape index (κ1) is 17.0. The summed E-state index contributed by atoms with van der Waals surface area (Å²) in [6.45, 7) is 10.9. The molecule has 0 amide bonds. The van der Waals surface area contributed by atoms with Crippen LogP contribution in [0.2, 0.25) is 0 Å². The Balaban J connectivity index is 1.65. The Bertz CT molecular complexity index is 590. The van der Waals surface area contributed by atoms with Gasteiger partial charge in [0.05, 0.1) is 0 Å². The van der Waals surface area contributed by atoms with Gasteiger partial charge in [0.1, 0.15) is 12.4 Å². The molecule has 0 spiro atoms. The van der Waals surface area contributed by atoms with Gasteiger partial charge in [0, 0.05) is 39.9 Å². The molecule has 0 radical (unpaired) electrons. The van der Waals surface area contributed by atoms with Crippen molar-refractivity contribution in [2.75, 3.05) is 32.8 Å². The van der Waals surface area contributed by atoms with Crippen molar-refractivity contribution in [3.8, 4) is 0 Å². The minimum Gasteiger partial charge on any atom is -0.381 e. The molecule has 132 valence electrons. The van der Waals surface area contributed by atoms with E-state index >= 15 is 0 Å². The van der Waals surface area contributed by atoms with E-state index in [0.717, 1.165) is 43.9 Å². The third-order valence-electron chi connectivity index (χ3n) is 5.11. The maximum absolute atomic E-state index is 5.56. The van der Waals surface area contributed by atoms with Crippen molar-refractivity contribution in [3.05, 3.63) is 24.3 Å². The van der Waals surface area contributed by atoms with Crippen molar-refractivity contribution in [3.63, 3.8) is 0 Å². The average molecular weight is 332 g/mol. The fourth-order valence-electron chi connectivity index (χ4n) is 3.45. The average Bonchev–Trinajstić information content (AvgIpc) is 3.31. The summed E-state index contributed by atoms with van der Waals surface area (Å²) < 4.78 is 7.54. The lowest BCUT2D eigenvalue weighted by molar-refractivity contribution is 0.173. The highest BCUT2D eigenvalue weighted by molar-refractivity contribution is 5.80. The van der Waals surface area contributed by atoms with Gasteiger partial charge in [0.2, 0.25) is 0 Å². The Morgan fingerprint density at radius 1 is 1.42 bits per heavy atom. The lowest BCUT2D eigenvalue weighted by atomic mass is 9.91. The van der Waals surface area contributed by atoms with Gasteiger partial charge in [-0.05, 0) is 31.6 Å². The summed E-state index contributed by atoms with van der Waals surface area (Å²) in [7, 11) is 1.98. The van der Waals surface area contributed by atoms with Gasteiger partial charge in [-0.3, -0.25) is 0 Å². The first-order chi connectivity index (χ1) is 11.7. The molecule has 1 aromatic rings. The van der Waals surface area contributed by atoms with Crippen LogP contribution in [0.5, 0.6) is 0 Å². The van der Waals surface area contributed by atoms with E-state index in [1.54, 1.807) is 0 Å². The molecule has 0 aliphatic carbocycles. The van der Waals surface area contributed by atoms with Crippen molar-refractivity contribution >= 4 is 5.96 Å². The van der Waals surface area contributed by atoms with E-state index in [4.69, 9.17) is 9.73 Å². The Kier molecular flexibility index (Phi) is 5.50. The second-order valence-corrected chi connectivity index (χ2v) is 6.65. The van der Waals surface area contributed by atoms with Gasteiger partial charge in [0.25, 0.3) is 0 Å². The summed E-state index contributed by atoms with van der Waals surface area (Å²) in [4.78, 5) is 7.13. The van der Waals surface area contributed by atoms with Gasteiger partial charge in [-0.1, -0.05) is 6.08 Å². The Hall–Kier alpha value is -1.89. The minimum atomic E-state index is 0.532. The molecule has 0 saturated carbocycles. The minimum absolute atomic E-state index is 0.532. The molecule has 2 atom stereocenters. The standard InChI is InChI=1S/C17H28N6O/c1-4-7-18-17(19-10-16-21-20-13(2)22(16)3)23-8-5-14(11-23)15-6-9-24-12-15/h4,14-15H,1,5-12H2,2-3H3,(H,18,19). The molecule has 0 aromatic carbocycles. The Morgan fingerprint density at radius 3 is 2.96 bits per heavy atom. The number of rotatable bonds is 5. The van der Waals surface area contributed by atoms with Gasteiger partial charge in [-0.15, -0.1) is 16.8 Å². The SMILES string of the molecule is C=CCNC(=NCc1nnc(C)n1C)N1CCC(C2CCOC2)C1. The van der Waals surface area contributed by atoms with Crippen LogP contribution in [0, 0.1) is 18.8 Å². The van der Waals surface area contributed by atoms with Crippen molar-refractivity contribution in [2.45, 2.75) is 26.3 Å². The Labute approximate surface area is 143 Å². The van der Waals surface area contributed by atoms with Gasteiger partial charge in [-0.2, -0.15) is 0 Å². The number of nitrogens with one attached hydrogen (secondary N) is 1. The van der Waals surface area contributed by atoms with E-state index in [9.17, 15) is 0 Å². The summed E-state index contributed by atoms with van der Waals surface area (Å²) in [6, 6.07) is 0. The van der Waals surface area contributed by atoms with Gasteiger partial charge in [0.15, 0.2) is 11.8 Å². The van der Waals surface area contributed by atoms with Crippen LogP contribution >= 0.6 is 0 Å². The molecule has 2 aliphatic rings. The number of hydrogen-bond acceptors (Lipinski definition) is 4. The summed E-state index contributed by atoms with van der Waals surface area (Å²) in [5.41, 5.74) is 0. The Morgan fingerprint density at radius 2 is 2.29 bits per heavy atom. The molecular formula is C17H28N6O. The van der Waals surface area contributed by atoms with Crippen LogP contribution in [-0.4, -0.2) is 58.5 Å². The zero-order valence-electron chi connectivity index (χ0n) is 14.7. The summed E-state index contributed by atoms with van der Waals surface area (Å²) in [5.74, 6) is 4.14. The number of aryl methyl sites for hydroxylation is 1. The van der Waals surface area contributed by atoms with Gasteiger partial charge < -0.3 is 19.5 Å². The zero-order chi connectivity index (χ0) is 16.9. The molecule has 3 heterocycles. The van der Waals surface area contributed by atoms with Crippen molar-refractivity contribution in [1.29, 1.82) is 0 Å². The van der Waals surface area contributed by atoms with Crippen molar-refractivity contribution < 1.29 is 4.74 Å². The number of aliphatic imine (C=N–C) groups is 1. The maximum Gasteiger partial charge on any atom is 0.194 e. The van der Waals surface area contributed by atoms with E-state index in [1.165, 1.54) is 12.8 Å². The second kappa shape index (κ2) is 7.79. The predicted octanol–water partition coefficient (Wildman–Crippen LogP) is 1.11. The normalized spacial score (nSPS) is 24.6. The second-order valence-electron chi connectivity index (χ2n) is 6.65. The van der Waals surface area contributed by atoms with Gasteiger partial charge >= 0.3 is 0 Å².